The highest BCUT2D eigenvalue weighted by Gasteiger charge is 2.21. The number of nitrogens with one attached hydrogen (secondary N) is 1. The molecule has 192 valence electrons. The second kappa shape index (κ2) is 11.0. The number of benzene rings is 1. The van der Waals surface area contributed by atoms with E-state index < -0.39 is 5.91 Å². The number of imidazole rings is 1. The van der Waals surface area contributed by atoms with Crippen molar-refractivity contribution in [3.63, 3.8) is 0 Å². The van der Waals surface area contributed by atoms with Gasteiger partial charge in [-0.1, -0.05) is 12.1 Å². The molecule has 2 amide bonds. The summed E-state index contributed by atoms with van der Waals surface area (Å²) in [6.45, 7) is 12.4. The Balaban J connectivity index is 1.64. The van der Waals surface area contributed by atoms with Crippen LogP contribution in [0.5, 0.6) is 0 Å². The molecule has 3 heterocycles. The first kappa shape index (κ1) is 25.6. The first-order chi connectivity index (χ1) is 17.2. The fourth-order valence-electron chi connectivity index (χ4n) is 4.73. The van der Waals surface area contributed by atoms with Crippen molar-refractivity contribution in [3.05, 3.63) is 36.2 Å². The highest BCUT2D eigenvalue weighted by molar-refractivity contribution is 5.93. The number of primary amides is 1. The van der Waals surface area contributed by atoms with E-state index in [1.165, 1.54) is 0 Å². The lowest BCUT2D eigenvalue weighted by atomic mass is 10.1. The number of rotatable bonds is 11. The van der Waals surface area contributed by atoms with Crippen molar-refractivity contribution >= 4 is 28.8 Å². The number of hydrogen-bond acceptors (Lipinski definition) is 7. The number of likely N-dealkylation sites (tertiary alicyclic amines) is 1. The van der Waals surface area contributed by atoms with Crippen molar-refractivity contribution in [1.82, 2.24) is 29.3 Å². The van der Waals surface area contributed by atoms with Gasteiger partial charge in [0.1, 0.15) is 5.52 Å². The Morgan fingerprint density at radius 1 is 1.11 bits per heavy atom. The van der Waals surface area contributed by atoms with Crippen LogP contribution in [0.2, 0.25) is 0 Å². The predicted octanol–water partition coefficient (Wildman–Crippen LogP) is 2.75. The molecule has 0 aliphatic carbocycles. The summed E-state index contributed by atoms with van der Waals surface area (Å²) in [6.07, 6.45) is 3.30. The highest BCUT2D eigenvalue weighted by atomic mass is 16.2. The highest BCUT2D eigenvalue weighted by Crippen LogP contribution is 2.25. The zero-order valence-corrected chi connectivity index (χ0v) is 21.6. The number of carbonyl (C=O) groups excluding carboxylic acids is 2. The monoisotopic (exact) mass is 492 g/mol. The summed E-state index contributed by atoms with van der Waals surface area (Å²) in [6, 6.07) is 7.82. The van der Waals surface area contributed by atoms with Crippen molar-refractivity contribution in [1.29, 1.82) is 0 Å². The number of carbonyl (C=O) groups is 2. The summed E-state index contributed by atoms with van der Waals surface area (Å²) in [7, 11) is 0. The number of amides is 2. The van der Waals surface area contributed by atoms with Crippen LogP contribution in [-0.2, 0) is 11.3 Å². The second-order valence-corrected chi connectivity index (χ2v) is 9.78. The lowest BCUT2D eigenvalue weighted by Crippen LogP contribution is -2.40. The number of nitrogens with zero attached hydrogens (tertiary/aromatic N) is 6. The van der Waals surface area contributed by atoms with Crippen LogP contribution < -0.4 is 11.1 Å². The first-order valence-electron chi connectivity index (χ1n) is 12.6. The molecule has 10 heteroatoms. The van der Waals surface area contributed by atoms with Gasteiger partial charge < -0.3 is 20.5 Å². The average molecular weight is 493 g/mol. The van der Waals surface area contributed by atoms with E-state index in [9.17, 15) is 9.59 Å². The Kier molecular flexibility index (Phi) is 7.83. The Morgan fingerprint density at radius 3 is 2.44 bits per heavy atom. The van der Waals surface area contributed by atoms with Gasteiger partial charge in [-0.15, -0.1) is 0 Å². The average Bonchev–Trinajstić information content (AvgIpc) is 3.45. The molecule has 0 unspecified atom stereocenters. The Hall–Kier alpha value is -3.53. The number of aromatic nitrogens is 4. The van der Waals surface area contributed by atoms with Gasteiger partial charge in [0.25, 0.3) is 0 Å². The third kappa shape index (κ3) is 5.64. The van der Waals surface area contributed by atoms with Crippen molar-refractivity contribution in [2.45, 2.75) is 59.2 Å². The molecule has 2 aromatic heterocycles. The molecule has 0 saturated carbocycles. The molecule has 4 rings (SSSR count). The molecule has 0 bridgehead atoms. The summed E-state index contributed by atoms with van der Waals surface area (Å²) in [4.78, 5) is 42.1. The summed E-state index contributed by atoms with van der Waals surface area (Å²) in [5, 5.41) is 3.48. The SMILES string of the molecule is CC(C)N(CCNc1nc(-c2ccc(C(N)=O)cc2)nc2c1ncn2CCN1CCCC1=O)C(C)C. The molecule has 1 fully saturated rings. The maximum atomic E-state index is 12.1. The maximum Gasteiger partial charge on any atom is 0.248 e. The zero-order valence-electron chi connectivity index (χ0n) is 21.6. The van der Waals surface area contributed by atoms with E-state index in [1.807, 2.05) is 9.47 Å². The summed E-state index contributed by atoms with van der Waals surface area (Å²) in [5.74, 6) is 0.920. The number of hydrogen-bond donors (Lipinski definition) is 2. The normalized spacial score (nSPS) is 14.1. The Labute approximate surface area is 211 Å². The Morgan fingerprint density at radius 2 is 1.83 bits per heavy atom. The van der Waals surface area contributed by atoms with Crippen LogP contribution >= 0.6 is 0 Å². The second-order valence-electron chi connectivity index (χ2n) is 9.78. The van der Waals surface area contributed by atoms with Crippen LogP contribution in [0, 0.1) is 0 Å². The molecule has 10 nitrogen and oxygen atoms in total. The van der Waals surface area contributed by atoms with Crippen LogP contribution in [0.25, 0.3) is 22.6 Å². The fraction of sp³-hybridized carbons (Fsp3) is 0.500. The van der Waals surface area contributed by atoms with E-state index in [1.54, 1.807) is 30.6 Å². The smallest absolute Gasteiger partial charge is 0.248 e. The largest absolute Gasteiger partial charge is 0.367 e. The van der Waals surface area contributed by atoms with Crippen molar-refractivity contribution < 1.29 is 9.59 Å². The quantitative estimate of drug-likeness (QED) is 0.422. The minimum Gasteiger partial charge on any atom is -0.367 e. The molecule has 3 aromatic rings. The van der Waals surface area contributed by atoms with E-state index in [0.717, 1.165) is 25.1 Å². The molecule has 0 atom stereocenters. The van der Waals surface area contributed by atoms with Crippen LogP contribution in [-0.4, -0.2) is 79.4 Å². The van der Waals surface area contributed by atoms with Gasteiger partial charge in [-0.25, -0.2) is 15.0 Å². The maximum absolute atomic E-state index is 12.1. The van der Waals surface area contributed by atoms with Crippen LogP contribution in [0.1, 0.15) is 50.9 Å². The Bertz CT molecular complexity index is 1210. The van der Waals surface area contributed by atoms with Crippen molar-refractivity contribution in [2.75, 3.05) is 31.5 Å². The standard InChI is InChI=1S/C26H36N8O2/c1-17(2)34(18(3)4)13-11-28-25-22-26(33(16-29-22)15-14-32-12-5-6-21(32)35)31-24(30-25)20-9-7-19(8-10-20)23(27)36/h7-10,16-18H,5-6,11-15H2,1-4H3,(H2,27,36)(H,28,30,31). The predicted molar refractivity (Wildman–Crippen MR) is 141 cm³/mol. The van der Waals surface area contributed by atoms with E-state index in [4.69, 9.17) is 15.7 Å². The van der Waals surface area contributed by atoms with Gasteiger partial charge in [-0.3, -0.25) is 14.5 Å². The van der Waals surface area contributed by atoms with Crippen molar-refractivity contribution in [2.24, 2.45) is 5.73 Å². The van der Waals surface area contributed by atoms with E-state index in [0.29, 0.717) is 66.5 Å². The summed E-state index contributed by atoms with van der Waals surface area (Å²) >= 11 is 0. The number of fused-ring (bicyclic) bond motifs is 1. The minimum absolute atomic E-state index is 0.200. The third-order valence-corrected chi connectivity index (χ3v) is 6.66. The van der Waals surface area contributed by atoms with Gasteiger partial charge in [0.05, 0.1) is 6.33 Å². The topological polar surface area (TPSA) is 122 Å². The molecule has 1 saturated heterocycles. The van der Waals surface area contributed by atoms with E-state index in [-0.39, 0.29) is 5.91 Å². The summed E-state index contributed by atoms with van der Waals surface area (Å²) < 4.78 is 1.98. The van der Waals surface area contributed by atoms with Gasteiger partial charge in [0.2, 0.25) is 11.8 Å². The third-order valence-electron chi connectivity index (χ3n) is 6.66. The minimum atomic E-state index is -0.477. The lowest BCUT2D eigenvalue weighted by molar-refractivity contribution is -0.127. The lowest BCUT2D eigenvalue weighted by Gasteiger charge is -2.30. The van der Waals surface area contributed by atoms with Gasteiger partial charge in [0, 0.05) is 62.4 Å². The molecule has 0 spiro atoms. The van der Waals surface area contributed by atoms with Crippen LogP contribution in [0.4, 0.5) is 5.82 Å². The van der Waals surface area contributed by atoms with Gasteiger partial charge in [-0.05, 0) is 46.2 Å². The zero-order chi connectivity index (χ0) is 25.8. The molecule has 36 heavy (non-hydrogen) atoms. The van der Waals surface area contributed by atoms with Gasteiger partial charge in [0.15, 0.2) is 17.3 Å². The molecular formula is C26H36N8O2. The molecular weight excluding hydrogens is 456 g/mol. The summed E-state index contributed by atoms with van der Waals surface area (Å²) in [5.41, 5.74) is 8.01. The first-order valence-corrected chi connectivity index (χ1v) is 12.6. The van der Waals surface area contributed by atoms with Crippen LogP contribution in [0.15, 0.2) is 30.6 Å². The van der Waals surface area contributed by atoms with Crippen molar-refractivity contribution in [3.8, 4) is 11.4 Å². The van der Waals surface area contributed by atoms with E-state index in [2.05, 4.69) is 42.9 Å². The fourth-order valence-corrected chi connectivity index (χ4v) is 4.73. The molecule has 0 radical (unpaired) electrons. The molecule has 3 N–H and O–H groups in total. The number of nitrogens with two attached hydrogens (primary N) is 1. The van der Waals surface area contributed by atoms with Crippen LogP contribution in [0.3, 0.4) is 0 Å². The van der Waals surface area contributed by atoms with E-state index >= 15 is 0 Å². The van der Waals surface area contributed by atoms with Gasteiger partial charge in [-0.2, -0.15) is 0 Å². The number of anilines is 1. The molecule has 1 aliphatic rings. The molecule has 1 aromatic carbocycles. The van der Waals surface area contributed by atoms with Gasteiger partial charge >= 0.3 is 0 Å². The molecule has 1 aliphatic heterocycles.